The first kappa shape index (κ1) is 16.8. The fourth-order valence-electron chi connectivity index (χ4n) is 2.09. The number of nitrogens with two attached hydrogens (primary N) is 1. The van der Waals surface area contributed by atoms with Crippen LogP contribution in [-0.4, -0.2) is 35.9 Å². The molecular weight excluding hydrogens is 271 g/mol. The molecule has 4 nitrogen and oxygen atoms in total. The van der Waals surface area contributed by atoms with Crippen molar-refractivity contribution in [3.63, 3.8) is 0 Å². The smallest absolute Gasteiger partial charge is 0.372 e. The fourth-order valence-corrected chi connectivity index (χ4v) is 2.09. The highest BCUT2D eigenvalue weighted by molar-refractivity contribution is 5.28. The molecule has 0 aromatic carbocycles. The zero-order valence-electron chi connectivity index (χ0n) is 11.9. The van der Waals surface area contributed by atoms with Crippen molar-refractivity contribution < 1.29 is 17.9 Å². The van der Waals surface area contributed by atoms with E-state index in [2.05, 4.69) is 14.7 Å². The van der Waals surface area contributed by atoms with Gasteiger partial charge in [0.1, 0.15) is 12.4 Å². The summed E-state index contributed by atoms with van der Waals surface area (Å²) in [7, 11) is 0. The predicted octanol–water partition coefficient (Wildman–Crippen LogP) is 2.28. The quantitative estimate of drug-likeness (QED) is 0.817. The Morgan fingerprint density at radius 3 is 2.20 bits per heavy atom. The lowest BCUT2D eigenvalue weighted by molar-refractivity contribution is -0.173. The minimum absolute atomic E-state index is 0.0514. The first-order valence-corrected chi connectivity index (χ1v) is 6.43. The first-order chi connectivity index (χ1) is 9.24. The lowest BCUT2D eigenvalue weighted by atomic mass is 9.98. The van der Waals surface area contributed by atoms with Crippen LogP contribution in [0.15, 0.2) is 0 Å². The van der Waals surface area contributed by atoms with E-state index in [9.17, 15) is 13.2 Å². The van der Waals surface area contributed by atoms with Gasteiger partial charge >= 0.3 is 6.18 Å². The molecule has 0 spiro atoms. The van der Waals surface area contributed by atoms with Crippen LogP contribution in [0.3, 0.4) is 0 Å². The Hall–Kier alpha value is -1.21. The van der Waals surface area contributed by atoms with Gasteiger partial charge in [0.05, 0.1) is 6.61 Å². The van der Waals surface area contributed by atoms with E-state index in [-0.39, 0.29) is 18.9 Å². The summed E-state index contributed by atoms with van der Waals surface area (Å²) >= 11 is 0. The van der Waals surface area contributed by atoms with Gasteiger partial charge in [0.2, 0.25) is 0 Å². The van der Waals surface area contributed by atoms with Crippen LogP contribution in [0.25, 0.3) is 0 Å². The Morgan fingerprint density at radius 2 is 1.75 bits per heavy atom. The molecule has 114 valence electrons. The molecule has 1 heterocycles. The van der Waals surface area contributed by atoms with Crippen molar-refractivity contribution >= 4 is 0 Å². The highest BCUT2D eigenvalue weighted by Gasteiger charge is 2.27. The van der Waals surface area contributed by atoms with Crippen LogP contribution in [0.4, 0.5) is 13.2 Å². The molecule has 0 aliphatic carbocycles. The molecule has 0 saturated carbocycles. The minimum Gasteiger partial charge on any atom is -0.372 e. The second kappa shape index (κ2) is 6.99. The van der Waals surface area contributed by atoms with Crippen LogP contribution in [0, 0.1) is 13.8 Å². The van der Waals surface area contributed by atoms with E-state index in [0.29, 0.717) is 12.4 Å². The zero-order chi connectivity index (χ0) is 15.3. The van der Waals surface area contributed by atoms with E-state index in [1.54, 1.807) is 0 Å². The summed E-state index contributed by atoms with van der Waals surface area (Å²) in [6, 6.07) is 0. The summed E-state index contributed by atoms with van der Waals surface area (Å²) in [4.78, 5) is 8.62. The van der Waals surface area contributed by atoms with Gasteiger partial charge in [-0.05, 0) is 31.9 Å². The standard InChI is InChI=1S/C13H20F3N3O/c1-8(6-17)12-9(2)18-11(19-10(12)3)4-5-20-7-13(14,15)16/h8H,4-7,17H2,1-3H3. The van der Waals surface area contributed by atoms with Crippen molar-refractivity contribution in [1.29, 1.82) is 0 Å². The van der Waals surface area contributed by atoms with Crippen LogP contribution in [-0.2, 0) is 11.2 Å². The highest BCUT2D eigenvalue weighted by Crippen LogP contribution is 2.20. The van der Waals surface area contributed by atoms with Crippen molar-refractivity contribution in [1.82, 2.24) is 9.97 Å². The van der Waals surface area contributed by atoms with Gasteiger partial charge in [-0.25, -0.2) is 9.97 Å². The molecule has 0 bridgehead atoms. The Morgan fingerprint density at radius 1 is 1.20 bits per heavy atom. The maximum absolute atomic E-state index is 11.9. The third kappa shape index (κ3) is 5.05. The second-order valence-corrected chi connectivity index (χ2v) is 4.78. The maximum atomic E-state index is 11.9. The molecule has 0 aliphatic heterocycles. The third-order valence-electron chi connectivity index (χ3n) is 2.96. The molecule has 0 amide bonds. The molecule has 2 N–H and O–H groups in total. The Kier molecular flexibility index (Phi) is 5.88. The van der Waals surface area contributed by atoms with Crippen molar-refractivity contribution in [2.75, 3.05) is 19.8 Å². The summed E-state index contributed by atoms with van der Waals surface area (Å²) in [6.45, 7) is 4.91. The van der Waals surface area contributed by atoms with Gasteiger partial charge in [-0.1, -0.05) is 6.92 Å². The average molecular weight is 291 g/mol. The molecule has 0 radical (unpaired) electrons. The van der Waals surface area contributed by atoms with Crippen LogP contribution in [0.2, 0.25) is 0 Å². The van der Waals surface area contributed by atoms with Gasteiger partial charge in [0.15, 0.2) is 0 Å². The lowest BCUT2D eigenvalue weighted by Crippen LogP contribution is -2.19. The van der Waals surface area contributed by atoms with Gasteiger partial charge in [-0.2, -0.15) is 13.2 Å². The average Bonchev–Trinajstić information content (AvgIpc) is 2.32. The summed E-state index contributed by atoms with van der Waals surface area (Å²) in [5, 5.41) is 0. The van der Waals surface area contributed by atoms with E-state index in [0.717, 1.165) is 17.0 Å². The van der Waals surface area contributed by atoms with Gasteiger partial charge in [-0.3, -0.25) is 0 Å². The number of ether oxygens (including phenoxy) is 1. The number of aryl methyl sites for hydroxylation is 2. The second-order valence-electron chi connectivity index (χ2n) is 4.78. The molecule has 1 aromatic rings. The van der Waals surface area contributed by atoms with E-state index in [1.807, 2.05) is 20.8 Å². The molecule has 0 fully saturated rings. The highest BCUT2D eigenvalue weighted by atomic mass is 19.4. The number of halogens is 3. The monoisotopic (exact) mass is 291 g/mol. The topological polar surface area (TPSA) is 61.0 Å². The van der Waals surface area contributed by atoms with Crippen molar-refractivity contribution in [3.8, 4) is 0 Å². The lowest BCUT2D eigenvalue weighted by Gasteiger charge is -2.15. The van der Waals surface area contributed by atoms with Crippen molar-refractivity contribution in [3.05, 3.63) is 22.8 Å². The summed E-state index contributed by atoms with van der Waals surface area (Å²) < 4.78 is 40.3. The van der Waals surface area contributed by atoms with Gasteiger partial charge in [0.25, 0.3) is 0 Å². The number of rotatable bonds is 6. The van der Waals surface area contributed by atoms with E-state index < -0.39 is 12.8 Å². The van der Waals surface area contributed by atoms with Crippen LogP contribution in [0.5, 0.6) is 0 Å². The Balaban J connectivity index is 2.65. The molecule has 20 heavy (non-hydrogen) atoms. The number of nitrogens with zero attached hydrogens (tertiary/aromatic N) is 2. The summed E-state index contributed by atoms with van der Waals surface area (Å²) in [5.41, 5.74) is 8.28. The molecule has 1 atom stereocenters. The van der Waals surface area contributed by atoms with E-state index in [1.165, 1.54) is 0 Å². The fraction of sp³-hybridized carbons (Fsp3) is 0.692. The number of hydrogen-bond acceptors (Lipinski definition) is 4. The zero-order valence-corrected chi connectivity index (χ0v) is 11.9. The predicted molar refractivity (Wildman–Crippen MR) is 69.6 cm³/mol. The van der Waals surface area contributed by atoms with Gasteiger partial charge in [0, 0.05) is 17.8 Å². The minimum atomic E-state index is -4.30. The molecule has 1 unspecified atom stereocenters. The van der Waals surface area contributed by atoms with E-state index >= 15 is 0 Å². The molecule has 7 heteroatoms. The molecule has 0 saturated heterocycles. The number of alkyl halides is 3. The first-order valence-electron chi connectivity index (χ1n) is 6.43. The Labute approximate surface area is 116 Å². The van der Waals surface area contributed by atoms with Crippen molar-refractivity contribution in [2.24, 2.45) is 5.73 Å². The van der Waals surface area contributed by atoms with Crippen LogP contribution < -0.4 is 5.73 Å². The summed E-state index contributed by atoms with van der Waals surface area (Å²) in [6.07, 6.45) is -4.04. The molecule has 1 rings (SSSR count). The summed E-state index contributed by atoms with van der Waals surface area (Å²) in [5.74, 6) is 0.653. The maximum Gasteiger partial charge on any atom is 0.411 e. The number of aromatic nitrogens is 2. The SMILES string of the molecule is Cc1nc(CCOCC(F)(F)F)nc(C)c1C(C)CN. The number of hydrogen-bond donors (Lipinski definition) is 1. The molecule has 1 aromatic heterocycles. The Bertz CT molecular complexity index is 426. The normalized spacial score (nSPS) is 13.6. The third-order valence-corrected chi connectivity index (χ3v) is 2.96. The van der Waals surface area contributed by atoms with E-state index in [4.69, 9.17) is 5.73 Å². The van der Waals surface area contributed by atoms with Gasteiger partial charge in [-0.15, -0.1) is 0 Å². The van der Waals surface area contributed by atoms with Crippen LogP contribution in [0.1, 0.15) is 35.6 Å². The largest absolute Gasteiger partial charge is 0.411 e. The van der Waals surface area contributed by atoms with Crippen LogP contribution >= 0.6 is 0 Å². The van der Waals surface area contributed by atoms with Crippen molar-refractivity contribution in [2.45, 2.75) is 39.3 Å². The molecular formula is C13H20F3N3O. The molecule has 0 aliphatic rings. The van der Waals surface area contributed by atoms with Gasteiger partial charge < -0.3 is 10.5 Å².